The maximum Gasteiger partial charge on any atom is 0.147 e. The number of hydrogen-bond acceptors (Lipinski definition) is 2. The van der Waals surface area contributed by atoms with E-state index in [1.807, 2.05) is 66.7 Å². The molecule has 7 aromatic carbocycles. The highest BCUT2D eigenvalue weighted by molar-refractivity contribution is 6.06. The van der Waals surface area contributed by atoms with Gasteiger partial charge in [-0.25, -0.2) is 4.39 Å². The average molecular weight is 622 g/mol. The minimum atomic E-state index is -0.366. The highest BCUT2D eigenvalue weighted by atomic mass is 19.1. The fourth-order valence-corrected chi connectivity index (χ4v) is 7.39. The summed E-state index contributed by atoms with van der Waals surface area (Å²) in [6.07, 6.45) is 0. The first-order valence-corrected chi connectivity index (χ1v) is 16.4. The topological polar surface area (TPSA) is 16.4 Å². The fraction of sp³-hybridized carbons (Fsp3) is 0.0667. The molecule has 48 heavy (non-hydrogen) atoms. The van der Waals surface area contributed by atoms with Crippen molar-refractivity contribution >= 4 is 39.0 Å². The van der Waals surface area contributed by atoms with Gasteiger partial charge >= 0.3 is 0 Å². The molecule has 1 aliphatic rings. The van der Waals surface area contributed by atoms with E-state index in [0.29, 0.717) is 5.69 Å². The molecule has 0 radical (unpaired) electrons. The van der Waals surface area contributed by atoms with E-state index in [1.54, 1.807) is 6.07 Å². The number of furan rings is 1. The van der Waals surface area contributed by atoms with Crippen molar-refractivity contribution in [3.8, 4) is 33.4 Å². The predicted octanol–water partition coefficient (Wildman–Crippen LogP) is 12.8. The Labute approximate surface area is 279 Å². The van der Waals surface area contributed by atoms with Gasteiger partial charge in [-0.2, -0.15) is 0 Å². The Morgan fingerprint density at radius 1 is 0.438 bits per heavy atom. The van der Waals surface area contributed by atoms with Crippen LogP contribution in [0.3, 0.4) is 0 Å². The molecule has 2 nitrogen and oxygen atoms in total. The predicted molar refractivity (Wildman–Crippen MR) is 197 cm³/mol. The largest absolute Gasteiger partial charge is 0.456 e. The molecule has 0 atom stereocenters. The molecule has 0 fully saturated rings. The minimum Gasteiger partial charge on any atom is -0.456 e. The molecular formula is C45H32FNO. The van der Waals surface area contributed by atoms with E-state index in [-0.39, 0.29) is 11.2 Å². The second-order valence-corrected chi connectivity index (χ2v) is 13.1. The van der Waals surface area contributed by atoms with Gasteiger partial charge in [-0.3, -0.25) is 0 Å². The number of benzene rings is 7. The van der Waals surface area contributed by atoms with Gasteiger partial charge in [0, 0.05) is 16.2 Å². The SMILES string of the molecule is CC1(C)c2cc(-c3ccccc3)ccc2N(c2ccc(-c3ccccc3)cc2F)c2ccc(-c3ccc4oc5ccccc5c4c3)cc21. The number of rotatable bonds is 4. The molecule has 3 heteroatoms. The first-order chi connectivity index (χ1) is 23.5. The number of nitrogens with zero attached hydrogens (tertiary/aromatic N) is 1. The summed E-state index contributed by atoms with van der Waals surface area (Å²) in [5.41, 5.74) is 12.5. The summed E-state index contributed by atoms with van der Waals surface area (Å²) < 4.78 is 22.5. The van der Waals surface area contributed by atoms with E-state index in [9.17, 15) is 0 Å². The normalized spacial score (nSPS) is 13.4. The first kappa shape index (κ1) is 28.3. The Morgan fingerprint density at radius 2 is 0.917 bits per heavy atom. The van der Waals surface area contributed by atoms with Gasteiger partial charge < -0.3 is 9.32 Å². The molecule has 0 saturated carbocycles. The Kier molecular flexibility index (Phi) is 6.38. The molecule has 0 aliphatic carbocycles. The molecule has 0 amide bonds. The van der Waals surface area contributed by atoms with Gasteiger partial charge in [-0.05, 0) is 99.1 Å². The summed E-state index contributed by atoms with van der Waals surface area (Å²) in [6.45, 7) is 4.56. The Bertz CT molecular complexity index is 2490. The van der Waals surface area contributed by atoms with Crippen molar-refractivity contribution in [3.05, 3.63) is 175 Å². The Morgan fingerprint density at radius 3 is 1.54 bits per heavy atom. The number of fused-ring (bicyclic) bond motifs is 5. The monoisotopic (exact) mass is 621 g/mol. The second kappa shape index (κ2) is 10.8. The molecule has 1 aliphatic heterocycles. The third kappa shape index (κ3) is 4.46. The van der Waals surface area contributed by atoms with Gasteiger partial charge in [0.25, 0.3) is 0 Å². The Hall–Kier alpha value is -5.93. The van der Waals surface area contributed by atoms with Gasteiger partial charge in [-0.1, -0.05) is 117 Å². The third-order valence-electron chi connectivity index (χ3n) is 9.93. The van der Waals surface area contributed by atoms with Crippen LogP contribution >= 0.6 is 0 Å². The van der Waals surface area contributed by atoms with Crippen LogP contribution in [0.2, 0.25) is 0 Å². The molecule has 9 rings (SSSR count). The van der Waals surface area contributed by atoms with Crippen molar-refractivity contribution in [2.75, 3.05) is 4.90 Å². The third-order valence-corrected chi connectivity index (χ3v) is 9.93. The number of halogens is 1. The summed E-state index contributed by atoms with van der Waals surface area (Å²) in [5.74, 6) is -0.263. The van der Waals surface area contributed by atoms with Crippen LogP contribution in [0.5, 0.6) is 0 Å². The van der Waals surface area contributed by atoms with Crippen LogP contribution in [0.15, 0.2) is 162 Å². The van der Waals surface area contributed by atoms with E-state index >= 15 is 4.39 Å². The zero-order valence-electron chi connectivity index (χ0n) is 26.7. The van der Waals surface area contributed by atoms with Crippen LogP contribution in [0.1, 0.15) is 25.0 Å². The van der Waals surface area contributed by atoms with Crippen molar-refractivity contribution in [1.82, 2.24) is 0 Å². The highest BCUT2D eigenvalue weighted by Gasteiger charge is 2.38. The summed E-state index contributed by atoms with van der Waals surface area (Å²) in [7, 11) is 0. The van der Waals surface area contributed by atoms with Gasteiger partial charge in [0.1, 0.15) is 17.0 Å². The second-order valence-electron chi connectivity index (χ2n) is 13.1. The van der Waals surface area contributed by atoms with Crippen molar-refractivity contribution in [1.29, 1.82) is 0 Å². The van der Waals surface area contributed by atoms with Crippen molar-refractivity contribution < 1.29 is 8.81 Å². The van der Waals surface area contributed by atoms with E-state index in [1.165, 1.54) is 0 Å². The van der Waals surface area contributed by atoms with Crippen LogP contribution in [-0.4, -0.2) is 0 Å². The summed E-state index contributed by atoms with van der Waals surface area (Å²) in [4.78, 5) is 2.10. The molecule has 8 aromatic rings. The first-order valence-electron chi connectivity index (χ1n) is 16.4. The average Bonchev–Trinajstić information content (AvgIpc) is 3.51. The molecule has 2 heterocycles. The zero-order chi connectivity index (χ0) is 32.4. The van der Waals surface area contributed by atoms with E-state index in [0.717, 1.165) is 77.8 Å². The smallest absolute Gasteiger partial charge is 0.147 e. The van der Waals surface area contributed by atoms with Crippen molar-refractivity contribution in [2.45, 2.75) is 19.3 Å². The molecule has 0 saturated heterocycles. The van der Waals surface area contributed by atoms with Crippen molar-refractivity contribution in [2.24, 2.45) is 0 Å². The maximum atomic E-state index is 16.4. The van der Waals surface area contributed by atoms with Crippen LogP contribution < -0.4 is 4.90 Å². The standard InChI is InChI=1S/C45H32FNO/c1-45(2)37-26-32(29-11-5-3-6-12-29)17-21-40(37)47(42-23-19-34(28-39(42)46)30-13-7-4-8-14-30)41-22-18-33(27-38(41)45)31-20-24-44-36(25-31)35-15-9-10-16-43(35)48-44/h3-28H,1-2H3. The number of para-hydroxylation sites is 1. The summed E-state index contributed by atoms with van der Waals surface area (Å²) >= 11 is 0. The quantitative estimate of drug-likeness (QED) is 0.194. The molecule has 1 aromatic heterocycles. The fourth-order valence-electron chi connectivity index (χ4n) is 7.39. The summed E-state index contributed by atoms with van der Waals surface area (Å²) in [6, 6.07) is 53.8. The van der Waals surface area contributed by atoms with Crippen LogP contribution in [0, 0.1) is 5.82 Å². The highest BCUT2D eigenvalue weighted by Crippen LogP contribution is 2.54. The van der Waals surface area contributed by atoms with Crippen LogP contribution in [-0.2, 0) is 5.41 Å². The maximum absolute atomic E-state index is 16.4. The van der Waals surface area contributed by atoms with Crippen LogP contribution in [0.4, 0.5) is 21.5 Å². The van der Waals surface area contributed by atoms with Crippen LogP contribution in [0.25, 0.3) is 55.3 Å². The lowest BCUT2D eigenvalue weighted by atomic mass is 9.72. The minimum absolute atomic E-state index is 0.263. The molecular weight excluding hydrogens is 589 g/mol. The lowest BCUT2D eigenvalue weighted by Crippen LogP contribution is -2.31. The van der Waals surface area contributed by atoms with Gasteiger partial charge in [-0.15, -0.1) is 0 Å². The zero-order valence-corrected chi connectivity index (χ0v) is 26.7. The molecule has 0 spiro atoms. The van der Waals surface area contributed by atoms with E-state index in [4.69, 9.17) is 4.42 Å². The molecule has 0 bridgehead atoms. The lowest BCUT2D eigenvalue weighted by molar-refractivity contribution is 0.617. The molecule has 0 N–H and O–H groups in total. The summed E-state index contributed by atoms with van der Waals surface area (Å²) in [5, 5.41) is 2.20. The molecule has 230 valence electrons. The van der Waals surface area contributed by atoms with Gasteiger partial charge in [0.05, 0.1) is 17.1 Å². The number of hydrogen-bond donors (Lipinski definition) is 0. The van der Waals surface area contributed by atoms with Crippen molar-refractivity contribution in [3.63, 3.8) is 0 Å². The lowest BCUT2D eigenvalue weighted by Gasteiger charge is -2.42. The van der Waals surface area contributed by atoms with E-state index < -0.39 is 0 Å². The van der Waals surface area contributed by atoms with Gasteiger partial charge in [0.15, 0.2) is 0 Å². The number of anilines is 3. The van der Waals surface area contributed by atoms with E-state index in [2.05, 4.69) is 104 Å². The Balaban J connectivity index is 1.24. The van der Waals surface area contributed by atoms with Gasteiger partial charge in [0.2, 0.25) is 0 Å². The molecule has 0 unspecified atom stereocenters.